The van der Waals surface area contributed by atoms with Gasteiger partial charge in [-0.1, -0.05) is 29.5 Å². The minimum absolute atomic E-state index is 0.118. The van der Waals surface area contributed by atoms with Crippen molar-refractivity contribution in [2.24, 2.45) is 0 Å². The molecule has 3 aromatic rings. The molecule has 21 heavy (non-hydrogen) atoms. The molecule has 0 atom stereocenters. The van der Waals surface area contributed by atoms with Gasteiger partial charge in [0.05, 0.1) is 5.75 Å². The van der Waals surface area contributed by atoms with Gasteiger partial charge in [0.15, 0.2) is 0 Å². The second-order valence-corrected chi connectivity index (χ2v) is 5.38. The molecule has 3 rings (SSSR count). The molecule has 0 radical (unpaired) electrons. The standard InChI is InChI=1S/C12H13N7OS/c1-8-2-4-9(5-3-8)15-10(20)6-21-12-17-16-11-18(13)7-14-19(11)12/h2-5,7H,6,13H2,1H3,(H,15,20). The zero-order valence-electron chi connectivity index (χ0n) is 11.2. The lowest BCUT2D eigenvalue weighted by Gasteiger charge is -2.04. The van der Waals surface area contributed by atoms with Crippen molar-refractivity contribution in [3.8, 4) is 0 Å². The van der Waals surface area contributed by atoms with Gasteiger partial charge in [0.1, 0.15) is 6.33 Å². The third kappa shape index (κ3) is 2.82. The zero-order valence-corrected chi connectivity index (χ0v) is 12.0. The van der Waals surface area contributed by atoms with E-state index in [1.165, 1.54) is 27.3 Å². The Balaban J connectivity index is 1.62. The van der Waals surface area contributed by atoms with E-state index >= 15 is 0 Å². The molecule has 9 heteroatoms. The van der Waals surface area contributed by atoms with Crippen LogP contribution < -0.4 is 11.2 Å². The first-order valence-corrected chi connectivity index (χ1v) is 7.15. The summed E-state index contributed by atoms with van der Waals surface area (Å²) in [4.78, 5) is 11.9. The highest BCUT2D eigenvalue weighted by molar-refractivity contribution is 7.99. The number of nitrogens with zero attached hydrogens (tertiary/aromatic N) is 5. The van der Waals surface area contributed by atoms with E-state index in [2.05, 4.69) is 20.6 Å². The van der Waals surface area contributed by atoms with Gasteiger partial charge in [0.25, 0.3) is 5.78 Å². The van der Waals surface area contributed by atoms with Crippen LogP contribution in [0, 0.1) is 6.92 Å². The molecule has 0 unspecified atom stereocenters. The van der Waals surface area contributed by atoms with E-state index in [0.717, 1.165) is 11.3 Å². The molecule has 1 amide bonds. The summed E-state index contributed by atoms with van der Waals surface area (Å²) in [7, 11) is 0. The van der Waals surface area contributed by atoms with Crippen LogP contribution in [0.15, 0.2) is 35.7 Å². The molecule has 0 aliphatic rings. The number of carbonyl (C=O) groups is 1. The summed E-state index contributed by atoms with van der Waals surface area (Å²) in [6.07, 6.45) is 1.43. The van der Waals surface area contributed by atoms with Crippen LogP contribution >= 0.6 is 11.8 Å². The summed E-state index contributed by atoms with van der Waals surface area (Å²) in [6, 6.07) is 7.62. The number of nitrogens with one attached hydrogen (secondary N) is 1. The van der Waals surface area contributed by atoms with E-state index in [9.17, 15) is 4.79 Å². The summed E-state index contributed by atoms with van der Waals surface area (Å²) in [5, 5.41) is 15.2. The van der Waals surface area contributed by atoms with Crippen molar-refractivity contribution in [1.29, 1.82) is 0 Å². The van der Waals surface area contributed by atoms with Crippen LogP contribution in [-0.2, 0) is 4.79 Å². The third-order valence-corrected chi connectivity index (χ3v) is 3.71. The van der Waals surface area contributed by atoms with Gasteiger partial charge in [0, 0.05) is 5.69 Å². The highest BCUT2D eigenvalue weighted by Gasteiger charge is 2.12. The fraction of sp³-hybridized carbons (Fsp3) is 0.167. The van der Waals surface area contributed by atoms with E-state index in [-0.39, 0.29) is 11.7 Å². The van der Waals surface area contributed by atoms with Gasteiger partial charge in [-0.25, -0.2) is 4.68 Å². The Kier molecular flexibility index (Phi) is 3.48. The first-order chi connectivity index (χ1) is 10.1. The van der Waals surface area contributed by atoms with E-state index in [1.807, 2.05) is 31.2 Å². The summed E-state index contributed by atoms with van der Waals surface area (Å²) in [5.41, 5.74) is 1.91. The van der Waals surface area contributed by atoms with Crippen LogP contribution in [0.3, 0.4) is 0 Å². The smallest absolute Gasteiger partial charge is 0.273 e. The third-order valence-electron chi connectivity index (χ3n) is 2.79. The number of aryl methyl sites for hydroxylation is 1. The fourth-order valence-corrected chi connectivity index (χ4v) is 2.41. The van der Waals surface area contributed by atoms with Gasteiger partial charge in [-0.3, -0.25) is 4.79 Å². The van der Waals surface area contributed by atoms with Crippen molar-refractivity contribution < 1.29 is 4.79 Å². The number of amides is 1. The number of benzene rings is 1. The molecule has 0 aliphatic heterocycles. The lowest BCUT2D eigenvalue weighted by molar-refractivity contribution is -0.113. The Hall–Kier alpha value is -2.55. The maximum atomic E-state index is 11.9. The van der Waals surface area contributed by atoms with Crippen molar-refractivity contribution in [3.05, 3.63) is 36.2 Å². The van der Waals surface area contributed by atoms with Crippen LogP contribution in [-0.4, -0.2) is 36.1 Å². The van der Waals surface area contributed by atoms with E-state index in [4.69, 9.17) is 5.84 Å². The molecule has 0 aliphatic carbocycles. The number of nitrogens with two attached hydrogens (primary N) is 1. The van der Waals surface area contributed by atoms with Crippen LogP contribution in [0.25, 0.3) is 5.78 Å². The monoisotopic (exact) mass is 303 g/mol. The average Bonchev–Trinajstić information content (AvgIpc) is 3.03. The number of nitrogen functional groups attached to an aromatic ring is 1. The Labute approximate surface area is 124 Å². The molecular formula is C12H13N7OS. The molecule has 0 fully saturated rings. The highest BCUT2D eigenvalue weighted by atomic mass is 32.2. The number of hydrogen-bond donors (Lipinski definition) is 2. The molecule has 1 aromatic carbocycles. The number of rotatable bonds is 4. The quantitative estimate of drug-likeness (QED) is 0.542. The first-order valence-electron chi connectivity index (χ1n) is 6.16. The molecule has 0 bridgehead atoms. The van der Waals surface area contributed by atoms with Gasteiger partial charge < -0.3 is 11.2 Å². The molecule has 2 aromatic heterocycles. The van der Waals surface area contributed by atoms with Gasteiger partial charge in [-0.05, 0) is 19.1 Å². The Morgan fingerprint density at radius 1 is 1.33 bits per heavy atom. The fourth-order valence-electron chi connectivity index (χ4n) is 1.73. The summed E-state index contributed by atoms with van der Waals surface area (Å²) < 4.78 is 2.76. The number of aromatic nitrogens is 5. The van der Waals surface area contributed by atoms with Crippen LogP contribution in [0.1, 0.15) is 5.56 Å². The lowest BCUT2D eigenvalue weighted by Crippen LogP contribution is -2.14. The van der Waals surface area contributed by atoms with Gasteiger partial charge in [-0.2, -0.15) is 9.61 Å². The highest BCUT2D eigenvalue weighted by Crippen LogP contribution is 2.16. The summed E-state index contributed by atoms with van der Waals surface area (Å²) in [5.74, 6) is 6.13. The molecule has 2 heterocycles. The van der Waals surface area contributed by atoms with E-state index in [1.54, 1.807) is 0 Å². The topological polar surface area (TPSA) is 103 Å². The van der Waals surface area contributed by atoms with Crippen molar-refractivity contribution in [1.82, 2.24) is 24.5 Å². The predicted molar refractivity (Wildman–Crippen MR) is 79.5 cm³/mol. The Morgan fingerprint density at radius 3 is 2.86 bits per heavy atom. The van der Waals surface area contributed by atoms with Gasteiger partial charge >= 0.3 is 0 Å². The predicted octanol–water partition coefficient (Wildman–Crippen LogP) is 0.679. The molecule has 0 spiro atoms. The van der Waals surface area contributed by atoms with Crippen LogP contribution in [0.2, 0.25) is 0 Å². The minimum Gasteiger partial charge on any atom is -0.335 e. The SMILES string of the molecule is Cc1ccc(NC(=O)CSc2nnc3n(N)cnn23)cc1. The Bertz CT molecular complexity index is 777. The molecule has 0 saturated heterocycles. The molecule has 108 valence electrons. The largest absolute Gasteiger partial charge is 0.335 e. The van der Waals surface area contributed by atoms with Crippen LogP contribution in [0.5, 0.6) is 0 Å². The maximum Gasteiger partial charge on any atom is 0.273 e. The van der Waals surface area contributed by atoms with Crippen molar-refractivity contribution in [3.63, 3.8) is 0 Å². The molecule has 3 N–H and O–H groups in total. The van der Waals surface area contributed by atoms with Crippen molar-refractivity contribution in [2.45, 2.75) is 12.1 Å². The number of thioether (sulfide) groups is 1. The summed E-state index contributed by atoms with van der Waals surface area (Å²) in [6.45, 7) is 1.99. The first kappa shape index (κ1) is 13.4. The molecule has 8 nitrogen and oxygen atoms in total. The normalized spacial score (nSPS) is 10.9. The van der Waals surface area contributed by atoms with Gasteiger partial charge in [0.2, 0.25) is 11.1 Å². The van der Waals surface area contributed by atoms with Gasteiger partial charge in [-0.15, -0.1) is 10.2 Å². The molecule has 0 saturated carbocycles. The van der Waals surface area contributed by atoms with E-state index < -0.39 is 0 Å². The van der Waals surface area contributed by atoms with Crippen LogP contribution in [0.4, 0.5) is 5.69 Å². The Morgan fingerprint density at radius 2 is 2.10 bits per heavy atom. The number of fused-ring (bicyclic) bond motifs is 1. The number of carbonyl (C=O) groups excluding carboxylic acids is 1. The lowest BCUT2D eigenvalue weighted by atomic mass is 10.2. The van der Waals surface area contributed by atoms with Crippen molar-refractivity contribution in [2.75, 3.05) is 16.9 Å². The van der Waals surface area contributed by atoms with E-state index in [0.29, 0.717) is 10.9 Å². The maximum absolute atomic E-state index is 11.9. The number of hydrogen-bond acceptors (Lipinski definition) is 6. The second kappa shape index (κ2) is 5.44. The zero-order chi connectivity index (χ0) is 14.8. The van der Waals surface area contributed by atoms with Crippen molar-refractivity contribution >= 4 is 29.1 Å². The average molecular weight is 303 g/mol. The summed E-state index contributed by atoms with van der Waals surface area (Å²) >= 11 is 1.25. The minimum atomic E-state index is -0.118. The number of anilines is 1. The second-order valence-electron chi connectivity index (χ2n) is 4.44. The molecular weight excluding hydrogens is 290 g/mol.